The van der Waals surface area contributed by atoms with E-state index in [-0.39, 0.29) is 0 Å². The first-order chi connectivity index (χ1) is 7.93. The Morgan fingerprint density at radius 2 is 1.94 bits per heavy atom. The van der Waals surface area contributed by atoms with Crippen molar-refractivity contribution in [1.82, 2.24) is 15.0 Å². The molecule has 2 heterocycles. The predicted octanol–water partition coefficient (Wildman–Crippen LogP) is 2.70. The molecule has 0 aliphatic rings. The van der Waals surface area contributed by atoms with E-state index in [2.05, 4.69) is 20.3 Å². The Morgan fingerprint density at radius 3 is 2.81 bits per heavy atom. The lowest BCUT2D eigenvalue weighted by atomic mass is 10.2. The molecule has 0 saturated heterocycles. The SMILES string of the molecule is c1c[nH]c(Nc2ncnc3ccccc23)c1. The molecule has 0 unspecified atom stereocenters. The van der Waals surface area contributed by atoms with Crippen molar-refractivity contribution in [2.24, 2.45) is 0 Å². The van der Waals surface area contributed by atoms with Gasteiger partial charge in [0.25, 0.3) is 0 Å². The lowest BCUT2D eigenvalue weighted by Gasteiger charge is -2.05. The second kappa shape index (κ2) is 3.66. The molecule has 2 aromatic heterocycles. The number of benzene rings is 1. The Kier molecular flexibility index (Phi) is 2.04. The van der Waals surface area contributed by atoms with Crippen LogP contribution in [0, 0.1) is 0 Å². The summed E-state index contributed by atoms with van der Waals surface area (Å²) in [6.45, 7) is 0. The highest BCUT2D eigenvalue weighted by molar-refractivity contribution is 5.90. The van der Waals surface area contributed by atoms with Crippen LogP contribution in [0.25, 0.3) is 10.9 Å². The second-order valence-corrected chi connectivity index (χ2v) is 3.45. The number of fused-ring (bicyclic) bond motifs is 1. The summed E-state index contributed by atoms with van der Waals surface area (Å²) in [7, 11) is 0. The molecule has 4 nitrogen and oxygen atoms in total. The van der Waals surface area contributed by atoms with Gasteiger partial charge in [-0.05, 0) is 24.3 Å². The van der Waals surface area contributed by atoms with Gasteiger partial charge < -0.3 is 10.3 Å². The highest BCUT2D eigenvalue weighted by Gasteiger charge is 2.02. The monoisotopic (exact) mass is 210 g/mol. The Labute approximate surface area is 92.4 Å². The largest absolute Gasteiger partial charge is 0.348 e. The molecular formula is C12H10N4. The smallest absolute Gasteiger partial charge is 0.142 e. The van der Waals surface area contributed by atoms with Crippen molar-refractivity contribution in [3.05, 3.63) is 48.9 Å². The van der Waals surface area contributed by atoms with Crippen molar-refractivity contribution in [3.8, 4) is 0 Å². The van der Waals surface area contributed by atoms with E-state index < -0.39 is 0 Å². The fourth-order valence-electron chi connectivity index (χ4n) is 1.64. The van der Waals surface area contributed by atoms with E-state index in [1.807, 2.05) is 42.6 Å². The van der Waals surface area contributed by atoms with Crippen molar-refractivity contribution < 1.29 is 0 Å². The van der Waals surface area contributed by atoms with E-state index in [9.17, 15) is 0 Å². The molecule has 0 spiro atoms. The summed E-state index contributed by atoms with van der Waals surface area (Å²) in [5, 5.41) is 4.23. The Balaban J connectivity index is 2.10. The van der Waals surface area contributed by atoms with Crippen molar-refractivity contribution in [3.63, 3.8) is 0 Å². The standard InChI is InChI=1S/C12H10N4/c1-2-5-10-9(4-1)12(15-8-14-10)16-11-6-3-7-13-11/h1-8,13H,(H,14,15,16). The van der Waals surface area contributed by atoms with Gasteiger partial charge in [0, 0.05) is 11.6 Å². The van der Waals surface area contributed by atoms with Gasteiger partial charge in [-0.25, -0.2) is 9.97 Å². The van der Waals surface area contributed by atoms with Crippen LogP contribution in [-0.4, -0.2) is 15.0 Å². The maximum Gasteiger partial charge on any atom is 0.142 e. The Hall–Kier alpha value is -2.36. The summed E-state index contributed by atoms with van der Waals surface area (Å²) in [6.07, 6.45) is 3.43. The topological polar surface area (TPSA) is 53.6 Å². The summed E-state index contributed by atoms with van der Waals surface area (Å²) in [6, 6.07) is 11.8. The van der Waals surface area contributed by atoms with Gasteiger partial charge in [0.15, 0.2) is 0 Å². The van der Waals surface area contributed by atoms with Crippen LogP contribution in [0.3, 0.4) is 0 Å². The van der Waals surface area contributed by atoms with Crippen molar-refractivity contribution >= 4 is 22.5 Å². The molecule has 0 aliphatic heterocycles. The van der Waals surface area contributed by atoms with Gasteiger partial charge in [-0.3, -0.25) is 0 Å². The van der Waals surface area contributed by atoms with Gasteiger partial charge in [0.05, 0.1) is 5.52 Å². The molecule has 0 atom stereocenters. The van der Waals surface area contributed by atoms with E-state index >= 15 is 0 Å². The van der Waals surface area contributed by atoms with E-state index in [0.29, 0.717) is 0 Å². The molecule has 2 N–H and O–H groups in total. The van der Waals surface area contributed by atoms with Crippen molar-refractivity contribution in [1.29, 1.82) is 0 Å². The minimum Gasteiger partial charge on any atom is -0.348 e. The number of nitrogens with one attached hydrogen (secondary N) is 2. The van der Waals surface area contributed by atoms with Gasteiger partial charge in [-0.2, -0.15) is 0 Å². The number of H-pyrrole nitrogens is 1. The lowest BCUT2D eigenvalue weighted by molar-refractivity contribution is 1.21. The average Bonchev–Trinajstić information content (AvgIpc) is 2.82. The van der Waals surface area contributed by atoms with E-state index in [1.54, 1.807) is 6.33 Å². The number of para-hydroxylation sites is 1. The first kappa shape index (κ1) is 8.91. The van der Waals surface area contributed by atoms with Crippen LogP contribution < -0.4 is 5.32 Å². The summed E-state index contributed by atoms with van der Waals surface area (Å²) >= 11 is 0. The van der Waals surface area contributed by atoms with Crippen LogP contribution >= 0.6 is 0 Å². The molecule has 0 radical (unpaired) electrons. The normalized spacial score (nSPS) is 10.5. The molecule has 78 valence electrons. The van der Waals surface area contributed by atoms with Crippen LogP contribution in [0.5, 0.6) is 0 Å². The van der Waals surface area contributed by atoms with Gasteiger partial charge in [-0.1, -0.05) is 12.1 Å². The summed E-state index contributed by atoms with van der Waals surface area (Å²) < 4.78 is 0. The predicted molar refractivity (Wildman–Crippen MR) is 63.6 cm³/mol. The third kappa shape index (κ3) is 1.50. The zero-order valence-electron chi connectivity index (χ0n) is 8.51. The van der Waals surface area contributed by atoms with E-state index in [4.69, 9.17) is 0 Å². The lowest BCUT2D eigenvalue weighted by Crippen LogP contribution is -1.95. The van der Waals surface area contributed by atoms with Gasteiger partial charge >= 0.3 is 0 Å². The minimum atomic E-state index is 0.813. The maximum atomic E-state index is 4.24. The maximum absolute atomic E-state index is 4.24. The number of hydrogen-bond acceptors (Lipinski definition) is 3. The molecule has 3 rings (SSSR count). The number of aromatic amines is 1. The number of anilines is 2. The van der Waals surface area contributed by atoms with Gasteiger partial charge in [0.1, 0.15) is 18.0 Å². The quantitative estimate of drug-likeness (QED) is 0.683. The molecule has 0 fully saturated rings. The Bertz CT molecular complexity index is 596. The van der Waals surface area contributed by atoms with Crippen LogP contribution in [0.2, 0.25) is 0 Å². The minimum absolute atomic E-state index is 0.813. The molecule has 0 aliphatic carbocycles. The Morgan fingerprint density at radius 1 is 1.00 bits per heavy atom. The van der Waals surface area contributed by atoms with Crippen LogP contribution in [-0.2, 0) is 0 Å². The molecule has 0 saturated carbocycles. The van der Waals surface area contributed by atoms with Crippen molar-refractivity contribution in [2.45, 2.75) is 0 Å². The highest BCUT2D eigenvalue weighted by Crippen LogP contribution is 2.21. The first-order valence-corrected chi connectivity index (χ1v) is 5.03. The average molecular weight is 210 g/mol. The highest BCUT2D eigenvalue weighted by atomic mass is 15.1. The van der Waals surface area contributed by atoms with Crippen LogP contribution in [0.4, 0.5) is 11.6 Å². The molecule has 3 aromatic rings. The number of nitrogens with zero attached hydrogens (tertiary/aromatic N) is 2. The molecule has 16 heavy (non-hydrogen) atoms. The number of hydrogen-bond donors (Lipinski definition) is 2. The van der Waals surface area contributed by atoms with Gasteiger partial charge in [-0.15, -0.1) is 0 Å². The third-order valence-electron chi connectivity index (χ3n) is 2.39. The fraction of sp³-hybridized carbons (Fsp3) is 0. The number of rotatable bonds is 2. The van der Waals surface area contributed by atoms with Crippen LogP contribution in [0.15, 0.2) is 48.9 Å². The van der Waals surface area contributed by atoms with Gasteiger partial charge in [0.2, 0.25) is 0 Å². The summed E-state index contributed by atoms with van der Waals surface area (Å²) in [5.41, 5.74) is 0.937. The van der Waals surface area contributed by atoms with Crippen molar-refractivity contribution in [2.75, 3.05) is 5.32 Å². The zero-order chi connectivity index (χ0) is 10.8. The first-order valence-electron chi connectivity index (χ1n) is 5.03. The second-order valence-electron chi connectivity index (χ2n) is 3.45. The van der Waals surface area contributed by atoms with Crippen LogP contribution in [0.1, 0.15) is 0 Å². The number of aromatic nitrogens is 3. The molecule has 0 amide bonds. The molecular weight excluding hydrogens is 200 g/mol. The summed E-state index contributed by atoms with van der Waals surface area (Å²) in [5.74, 6) is 1.73. The molecule has 4 heteroatoms. The van der Waals surface area contributed by atoms with E-state index in [0.717, 1.165) is 22.5 Å². The molecule has 0 bridgehead atoms. The zero-order valence-corrected chi connectivity index (χ0v) is 8.51. The molecule has 1 aromatic carbocycles. The fourth-order valence-corrected chi connectivity index (χ4v) is 1.64. The summed E-state index contributed by atoms with van der Waals surface area (Å²) in [4.78, 5) is 11.5. The third-order valence-corrected chi connectivity index (χ3v) is 2.39. The van der Waals surface area contributed by atoms with E-state index in [1.165, 1.54) is 0 Å².